The van der Waals surface area contributed by atoms with Crippen LogP contribution in [0.4, 0.5) is 0 Å². The number of hydrogen-bond acceptors (Lipinski definition) is 5. The van der Waals surface area contributed by atoms with Crippen molar-refractivity contribution in [3.63, 3.8) is 0 Å². The van der Waals surface area contributed by atoms with Crippen LogP contribution in [0.25, 0.3) is 10.9 Å². The molecule has 3 aromatic rings. The van der Waals surface area contributed by atoms with E-state index < -0.39 is 10.1 Å². The Labute approximate surface area is 154 Å². The van der Waals surface area contributed by atoms with Gasteiger partial charge in [-0.3, -0.25) is 0 Å². The highest BCUT2D eigenvalue weighted by atomic mass is 79.9. The first-order valence-corrected chi connectivity index (χ1v) is 9.84. The summed E-state index contributed by atoms with van der Waals surface area (Å²) in [5.74, 6) is 0.429. The Balaban J connectivity index is 2.09. The average Bonchev–Trinajstić information content (AvgIpc) is 2.57. The lowest BCUT2D eigenvalue weighted by atomic mass is 10.2. The van der Waals surface area contributed by atoms with E-state index in [0.717, 1.165) is 11.1 Å². The number of fused-ring (bicyclic) bond motifs is 1. The largest absolute Gasteiger partial charge is 0.492 e. The van der Waals surface area contributed by atoms with E-state index in [1.807, 2.05) is 25.1 Å². The number of benzene rings is 2. The topological polar surface area (TPSA) is 65.5 Å². The van der Waals surface area contributed by atoms with Crippen molar-refractivity contribution < 1.29 is 17.3 Å². The molecular weight excluding hydrogens is 406 g/mol. The summed E-state index contributed by atoms with van der Waals surface area (Å²) in [5.41, 5.74) is 1.28. The number of halogens is 1. The highest BCUT2D eigenvalue weighted by Gasteiger charge is 2.24. The normalized spacial score (nSPS) is 11.5. The van der Waals surface area contributed by atoms with Crippen molar-refractivity contribution in [3.8, 4) is 11.5 Å². The summed E-state index contributed by atoms with van der Waals surface area (Å²) in [6, 6.07) is 13.7. The SMILES string of the molecule is CCOc1ccc(Br)cc1S(=O)(=O)Oc1cccc2ccc(C)nc12. The van der Waals surface area contributed by atoms with Gasteiger partial charge in [-0.25, -0.2) is 4.98 Å². The molecule has 7 heteroatoms. The number of pyridine rings is 1. The molecule has 0 atom stereocenters. The van der Waals surface area contributed by atoms with Crippen molar-refractivity contribution >= 4 is 37.0 Å². The van der Waals surface area contributed by atoms with Gasteiger partial charge in [0.25, 0.3) is 0 Å². The van der Waals surface area contributed by atoms with E-state index in [-0.39, 0.29) is 16.4 Å². The predicted molar refractivity (Wildman–Crippen MR) is 99.6 cm³/mol. The number of para-hydroxylation sites is 1. The zero-order chi connectivity index (χ0) is 18.0. The smallest absolute Gasteiger partial charge is 0.343 e. The Morgan fingerprint density at radius 1 is 1.08 bits per heavy atom. The lowest BCUT2D eigenvalue weighted by Crippen LogP contribution is -2.12. The first-order valence-electron chi connectivity index (χ1n) is 7.64. The van der Waals surface area contributed by atoms with Crippen molar-refractivity contribution in [2.45, 2.75) is 18.7 Å². The summed E-state index contributed by atoms with van der Waals surface area (Å²) in [4.78, 5) is 4.37. The Morgan fingerprint density at radius 2 is 1.88 bits per heavy atom. The van der Waals surface area contributed by atoms with Crippen LogP contribution in [0, 0.1) is 6.92 Å². The highest BCUT2D eigenvalue weighted by molar-refractivity contribution is 9.10. The minimum absolute atomic E-state index is 0.0339. The molecule has 25 heavy (non-hydrogen) atoms. The molecule has 0 aliphatic heterocycles. The second-order valence-corrected chi connectivity index (χ2v) is 7.77. The fraction of sp³-hybridized carbons (Fsp3) is 0.167. The van der Waals surface area contributed by atoms with E-state index in [2.05, 4.69) is 20.9 Å². The van der Waals surface area contributed by atoms with Gasteiger partial charge in [0.1, 0.15) is 16.2 Å². The molecule has 0 radical (unpaired) electrons. The third kappa shape index (κ3) is 3.77. The maximum absolute atomic E-state index is 12.8. The van der Waals surface area contributed by atoms with Crippen LogP contribution in [0.5, 0.6) is 11.5 Å². The first-order chi connectivity index (χ1) is 11.9. The standard InChI is InChI=1S/C18H16BrNO4S/c1-3-23-15-10-9-14(19)11-17(15)25(21,22)24-16-6-4-5-13-8-7-12(2)20-18(13)16/h4-11H,3H2,1-2H3. The van der Waals surface area contributed by atoms with Crippen LogP contribution in [0.3, 0.4) is 0 Å². The molecule has 1 aromatic heterocycles. The number of hydrogen-bond donors (Lipinski definition) is 0. The van der Waals surface area contributed by atoms with Gasteiger partial charge in [-0.2, -0.15) is 8.42 Å². The van der Waals surface area contributed by atoms with E-state index in [4.69, 9.17) is 8.92 Å². The lowest BCUT2D eigenvalue weighted by Gasteiger charge is -2.13. The fourth-order valence-corrected chi connectivity index (χ4v) is 4.02. The number of aromatic nitrogens is 1. The van der Waals surface area contributed by atoms with Gasteiger partial charge in [-0.05, 0) is 44.2 Å². The van der Waals surface area contributed by atoms with Crippen LogP contribution >= 0.6 is 15.9 Å². The summed E-state index contributed by atoms with van der Waals surface area (Å²) in [5, 5.41) is 0.803. The molecule has 130 valence electrons. The third-order valence-electron chi connectivity index (χ3n) is 3.50. The minimum atomic E-state index is -4.09. The van der Waals surface area contributed by atoms with Crippen molar-refractivity contribution in [2.75, 3.05) is 6.61 Å². The Morgan fingerprint density at radius 3 is 2.64 bits per heavy atom. The van der Waals surface area contributed by atoms with Crippen molar-refractivity contribution in [3.05, 3.63) is 58.7 Å². The van der Waals surface area contributed by atoms with Gasteiger partial charge in [-0.15, -0.1) is 0 Å². The van der Waals surface area contributed by atoms with Gasteiger partial charge >= 0.3 is 10.1 Å². The quantitative estimate of drug-likeness (QED) is 0.568. The van der Waals surface area contributed by atoms with Crippen molar-refractivity contribution in [2.24, 2.45) is 0 Å². The molecule has 0 amide bonds. The molecule has 0 saturated heterocycles. The maximum Gasteiger partial charge on any atom is 0.343 e. The molecule has 0 spiro atoms. The second kappa shape index (κ2) is 7.01. The van der Waals surface area contributed by atoms with Gasteiger partial charge < -0.3 is 8.92 Å². The van der Waals surface area contributed by atoms with E-state index >= 15 is 0 Å². The number of rotatable bonds is 5. The molecule has 5 nitrogen and oxygen atoms in total. The Bertz CT molecular complexity index is 1030. The summed E-state index contributed by atoms with van der Waals surface area (Å²) in [6.07, 6.45) is 0. The molecule has 0 unspecified atom stereocenters. The van der Waals surface area contributed by atoms with Crippen LogP contribution in [0.2, 0.25) is 0 Å². The van der Waals surface area contributed by atoms with Crippen molar-refractivity contribution in [1.82, 2.24) is 4.98 Å². The predicted octanol–water partition coefficient (Wildman–Crippen LogP) is 4.47. The molecule has 2 aromatic carbocycles. The summed E-state index contributed by atoms with van der Waals surface area (Å²) >= 11 is 3.29. The van der Waals surface area contributed by atoms with Crippen molar-refractivity contribution in [1.29, 1.82) is 0 Å². The van der Waals surface area contributed by atoms with Gasteiger partial charge in [0.05, 0.1) is 6.61 Å². The monoisotopic (exact) mass is 421 g/mol. The van der Waals surface area contributed by atoms with Gasteiger partial charge in [0.2, 0.25) is 0 Å². The van der Waals surface area contributed by atoms with Crippen LogP contribution in [0.1, 0.15) is 12.6 Å². The van der Waals surface area contributed by atoms with E-state index in [9.17, 15) is 8.42 Å². The minimum Gasteiger partial charge on any atom is -0.492 e. The van der Waals surface area contributed by atoms with Gasteiger partial charge in [-0.1, -0.05) is 34.1 Å². The average molecular weight is 422 g/mol. The summed E-state index contributed by atoms with van der Waals surface area (Å²) < 4.78 is 37.1. The Kier molecular flexibility index (Phi) is 4.96. The van der Waals surface area contributed by atoms with E-state index in [0.29, 0.717) is 16.6 Å². The molecular formula is C18H16BrNO4S. The Hall–Kier alpha value is -2.12. The van der Waals surface area contributed by atoms with E-state index in [1.165, 1.54) is 6.07 Å². The first kappa shape index (κ1) is 17.7. The lowest BCUT2D eigenvalue weighted by molar-refractivity contribution is 0.329. The molecule has 0 fully saturated rings. The van der Waals surface area contributed by atoms with E-state index in [1.54, 1.807) is 31.2 Å². The molecule has 0 aliphatic carbocycles. The van der Waals surface area contributed by atoms with Gasteiger partial charge in [0, 0.05) is 15.6 Å². The van der Waals surface area contributed by atoms with Crippen LogP contribution in [-0.4, -0.2) is 20.0 Å². The molecule has 1 heterocycles. The van der Waals surface area contributed by atoms with Crippen LogP contribution in [0.15, 0.2) is 57.9 Å². The van der Waals surface area contributed by atoms with Gasteiger partial charge in [0.15, 0.2) is 5.75 Å². The highest BCUT2D eigenvalue weighted by Crippen LogP contribution is 2.32. The maximum atomic E-state index is 12.8. The number of ether oxygens (including phenoxy) is 1. The second-order valence-electron chi connectivity index (χ2n) is 5.34. The molecule has 3 rings (SSSR count). The fourth-order valence-electron chi connectivity index (χ4n) is 2.40. The summed E-state index contributed by atoms with van der Waals surface area (Å²) in [7, 11) is -4.09. The molecule has 0 aliphatic rings. The zero-order valence-corrected chi connectivity index (χ0v) is 16.1. The third-order valence-corrected chi connectivity index (χ3v) is 5.25. The number of nitrogens with zero attached hydrogens (tertiary/aromatic N) is 1. The molecule has 0 saturated carbocycles. The molecule has 0 N–H and O–H groups in total. The molecule has 0 bridgehead atoms. The van der Waals surface area contributed by atoms with Crippen LogP contribution < -0.4 is 8.92 Å². The summed E-state index contributed by atoms with van der Waals surface area (Å²) in [6.45, 7) is 3.97. The number of aryl methyl sites for hydroxylation is 1. The van der Waals surface area contributed by atoms with Crippen LogP contribution in [-0.2, 0) is 10.1 Å². The zero-order valence-electron chi connectivity index (χ0n) is 13.7.